The normalized spacial score (nSPS) is 30.1. The van der Waals surface area contributed by atoms with Crippen LogP contribution in [0.25, 0.3) is 0 Å². The number of hydrogen-bond donors (Lipinski definition) is 5. The largest absolute Gasteiger partial charge is 0.505 e. The van der Waals surface area contributed by atoms with Gasteiger partial charge in [0.25, 0.3) is 0 Å². The van der Waals surface area contributed by atoms with Crippen molar-refractivity contribution in [3.63, 3.8) is 0 Å². The van der Waals surface area contributed by atoms with Gasteiger partial charge < -0.3 is 26.6 Å². The van der Waals surface area contributed by atoms with Gasteiger partial charge in [0.1, 0.15) is 18.2 Å². The number of halogens is 2. The Kier molecular flexibility index (Phi) is 7.40. The number of nitrogens with one attached hydrogen (secondary N) is 2. The molecule has 0 aliphatic heterocycles. The summed E-state index contributed by atoms with van der Waals surface area (Å²) in [5, 5.41) is 27.0. The van der Waals surface area contributed by atoms with Crippen molar-refractivity contribution >= 4 is 40.6 Å². The van der Waals surface area contributed by atoms with E-state index in [4.69, 9.17) is 5.73 Å². The SMILES string of the molecule is CN(C)[C@@H]1C(=O)C(C(N)=O)C(=O)[C@@]2(O)C(=O)C3C(=O)c4c(O)c(NC(=O)CNCCF)cc(F)c4C[C@H]3C[C@@H]12. The van der Waals surface area contributed by atoms with E-state index in [9.17, 15) is 43.4 Å². The van der Waals surface area contributed by atoms with E-state index in [0.717, 1.165) is 6.07 Å². The van der Waals surface area contributed by atoms with Crippen LogP contribution in [0.4, 0.5) is 14.5 Å². The Bertz CT molecular complexity index is 1300. The van der Waals surface area contributed by atoms with Gasteiger partial charge in [0.15, 0.2) is 34.7 Å². The van der Waals surface area contributed by atoms with Crippen LogP contribution in [-0.2, 0) is 30.4 Å². The van der Waals surface area contributed by atoms with E-state index in [2.05, 4.69) is 10.6 Å². The van der Waals surface area contributed by atoms with Crippen LogP contribution in [0.3, 0.4) is 0 Å². The molecule has 2 saturated carbocycles. The molecule has 4 rings (SSSR count). The van der Waals surface area contributed by atoms with Gasteiger partial charge in [-0.1, -0.05) is 0 Å². The molecule has 6 N–H and O–H groups in total. The van der Waals surface area contributed by atoms with Gasteiger partial charge in [0.05, 0.1) is 29.8 Å². The Morgan fingerprint density at radius 2 is 1.87 bits per heavy atom. The van der Waals surface area contributed by atoms with E-state index in [0.29, 0.717) is 0 Å². The Hall–Kier alpha value is -3.62. The quantitative estimate of drug-likeness (QED) is 0.151. The van der Waals surface area contributed by atoms with Gasteiger partial charge in [-0.25, -0.2) is 8.78 Å². The highest BCUT2D eigenvalue weighted by molar-refractivity contribution is 6.32. The second-order valence-corrected chi connectivity index (χ2v) is 10.3. The summed E-state index contributed by atoms with van der Waals surface area (Å²) in [7, 11) is 2.91. The number of Topliss-reactive ketones (excluding diaryl/α,β-unsaturated/α-hetero) is 4. The molecular formula is C25H28F2N4O8. The first-order valence-corrected chi connectivity index (χ1v) is 12.2. The zero-order valence-corrected chi connectivity index (χ0v) is 21.1. The third-order valence-corrected chi connectivity index (χ3v) is 7.84. The van der Waals surface area contributed by atoms with Crippen molar-refractivity contribution in [3.05, 3.63) is 23.0 Å². The highest BCUT2D eigenvalue weighted by Gasteiger charge is 2.69. The van der Waals surface area contributed by atoms with Crippen LogP contribution in [0.5, 0.6) is 5.75 Å². The molecule has 12 nitrogen and oxygen atoms in total. The van der Waals surface area contributed by atoms with Crippen molar-refractivity contribution in [1.82, 2.24) is 10.2 Å². The minimum Gasteiger partial charge on any atom is -0.505 e. The van der Waals surface area contributed by atoms with Crippen LogP contribution >= 0.6 is 0 Å². The summed E-state index contributed by atoms with van der Waals surface area (Å²) in [6.45, 7) is -1.24. The van der Waals surface area contributed by atoms with Crippen LogP contribution in [0.1, 0.15) is 22.3 Å². The molecule has 2 amide bonds. The van der Waals surface area contributed by atoms with Gasteiger partial charge in [-0.15, -0.1) is 0 Å². The fraction of sp³-hybridized carbons (Fsp3) is 0.520. The monoisotopic (exact) mass is 550 g/mol. The van der Waals surface area contributed by atoms with Crippen molar-refractivity contribution in [1.29, 1.82) is 0 Å². The van der Waals surface area contributed by atoms with Gasteiger partial charge >= 0.3 is 0 Å². The standard InChI is InChI=1S/C25H28F2N4O8/c1-31(2)18-11-6-9-5-10-12(27)7-13(30-14(32)8-29-4-3-26)19(33)16(10)20(34)15(9)22(36)25(11,39)23(37)17(21(18)35)24(28)38/h7,9,11,15,17-18,29,33,39H,3-6,8H2,1-2H3,(H2,28,38)(H,30,32)/t9-,11-,15?,17?,18-,25-/m0/s1. The number of fused-ring (bicyclic) bond motifs is 3. The number of hydrogen-bond acceptors (Lipinski definition) is 10. The fourth-order valence-electron chi connectivity index (χ4n) is 6.18. The highest BCUT2D eigenvalue weighted by Crippen LogP contribution is 2.51. The summed E-state index contributed by atoms with van der Waals surface area (Å²) in [6, 6.07) is -0.461. The van der Waals surface area contributed by atoms with E-state index < -0.39 is 99.8 Å². The topological polar surface area (TPSA) is 196 Å². The average Bonchev–Trinajstić information content (AvgIpc) is 2.84. The maximum absolute atomic E-state index is 15.2. The summed E-state index contributed by atoms with van der Waals surface area (Å²) in [5.41, 5.74) is 1.08. The molecule has 0 radical (unpaired) electrons. The predicted molar refractivity (Wildman–Crippen MR) is 129 cm³/mol. The molecule has 2 unspecified atom stereocenters. The minimum absolute atomic E-state index is 0.124. The molecule has 210 valence electrons. The number of aromatic hydroxyl groups is 1. The molecule has 3 aliphatic rings. The minimum atomic E-state index is -2.90. The molecule has 39 heavy (non-hydrogen) atoms. The number of amides is 2. The maximum atomic E-state index is 15.2. The summed E-state index contributed by atoms with van der Waals surface area (Å²) in [5.74, 6) is -14.6. The lowest BCUT2D eigenvalue weighted by Crippen LogP contribution is -2.74. The Morgan fingerprint density at radius 3 is 2.46 bits per heavy atom. The molecule has 2 fully saturated rings. The number of rotatable bonds is 7. The van der Waals surface area contributed by atoms with Crippen molar-refractivity contribution in [2.24, 2.45) is 29.4 Å². The number of likely N-dealkylation sites (N-methyl/N-ethyl adjacent to an activating group) is 1. The molecule has 0 saturated heterocycles. The number of ketones is 4. The molecule has 6 atom stereocenters. The third-order valence-electron chi connectivity index (χ3n) is 7.84. The first kappa shape index (κ1) is 28.4. The second-order valence-electron chi connectivity index (χ2n) is 10.3. The van der Waals surface area contributed by atoms with E-state index in [1.165, 1.54) is 19.0 Å². The second kappa shape index (κ2) is 10.2. The fourth-order valence-corrected chi connectivity index (χ4v) is 6.18. The number of phenolic OH excluding ortho intramolecular Hbond substituents is 1. The molecule has 14 heteroatoms. The number of alkyl halides is 1. The summed E-state index contributed by atoms with van der Waals surface area (Å²) in [6.07, 6.45) is -0.472. The summed E-state index contributed by atoms with van der Waals surface area (Å²) < 4.78 is 27.4. The smallest absolute Gasteiger partial charge is 0.238 e. The van der Waals surface area contributed by atoms with Crippen molar-refractivity contribution in [2.75, 3.05) is 39.2 Å². The van der Waals surface area contributed by atoms with Crippen molar-refractivity contribution in [3.8, 4) is 5.75 Å². The van der Waals surface area contributed by atoms with Crippen LogP contribution in [0, 0.1) is 29.5 Å². The van der Waals surface area contributed by atoms with Gasteiger partial charge in [-0.05, 0) is 32.9 Å². The lowest BCUT2D eigenvalue weighted by molar-refractivity contribution is -0.181. The lowest BCUT2D eigenvalue weighted by atomic mass is 9.52. The van der Waals surface area contributed by atoms with Gasteiger partial charge in [0.2, 0.25) is 11.8 Å². The highest BCUT2D eigenvalue weighted by atomic mass is 19.1. The molecule has 0 spiro atoms. The van der Waals surface area contributed by atoms with Crippen LogP contribution in [0.2, 0.25) is 0 Å². The number of carbonyl (C=O) groups excluding carboxylic acids is 6. The zero-order chi connectivity index (χ0) is 29.0. The molecule has 3 aliphatic carbocycles. The van der Waals surface area contributed by atoms with Crippen LogP contribution in [-0.4, -0.2) is 95.6 Å². The molecule has 1 aromatic carbocycles. The molecule has 0 heterocycles. The van der Waals surface area contributed by atoms with Gasteiger partial charge in [0, 0.05) is 24.1 Å². The number of aliphatic hydroxyl groups is 1. The van der Waals surface area contributed by atoms with Crippen LogP contribution < -0.4 is 16.4 Å². The number of nitrogens with zero attached hydrogens (tertiary/aromatic N) is 1. The number of nitrogens with two attached hydrogens (primary N) is 1. The van der Waals surface area contributed by atoms with Crippen LogP contribution in [0.15, 0.2) is 6.07 Å². The number of phenols is 1. The van der Waals surface area contributed by atoms with E-state index in [1.54, 1.807) is 0 Å². The molecule has 0 bridgehead atoms. The van der Waals surface area contributed by atoms with Gasteiger partial charge in [-0.3, -0.25) is 33.7 Å². The number of carbonyl (C=O) groups is 6. The zero-order valence-electron chi connectivity index (χ0n) is 21.1. The molecule has 1 aromatic rings. The predicted octanol–water partition coefficient (Wildman–Crippen LogP) is -1.50. The Balaban J connectivity index is 1.76. The van der Waals surface area contributed by atoms with E-state index >= 15 is 4.39 Å². The lowest BCUT2D eigenvalue weighted by Gasteiger charge is -2.52. The first-order valence-electron chi connectivity index (χ1n) is 12.2. The Morgan fingerprint density at radius 1 is 1.21 bits per heavy atom. The maximum Gasteiger partial charge on any atom is 0.238 e. The van der Waals surface area contributed by atoms with E-state index in [-0.39, 0.29) is 31.5 Å². The molecule has 0 aromatic heterocycles. The Labute approximate surface area is 220 Å². The number of anilines is 1. The number of primary amides is 1. The van der Waals surface area contributed by atoms with Crippen molar-refractivity contribution in [2.45, 2.75) is 24.5 Å². The number of benzene rings is 1. The first-order chi connectivity index (χ1) is 18.3. The van der Waals surface area contributed by atoms with Gasteiger partial charge in [-0.2, -0.15) is 0 Å². The summed E-state index contributed by atoms with van der Waals surface area (Å²) >= 11 is 0. The summed E-state index contributed by atoms with van der Waals surface area (Å²) in [4.78, 5) is 79.1. The molecular weight excluding hydrogens is 522 g/mol. The van der Waals surface area contributed by atoms with Crippen molar-refractivity contribution < 1.29 is 47.8 Å². The third kappa shape index (κ3) is 4.32. The average molecular weight is 551 g/mol. The van der Waals surface area contributed by atoms with E-state index in [1.807, 2.05) is 0 Å².